The van der Waals surface area contributed by atoms with E-state index in [1.807, 2.05) is 31.2 Å². The molecule has 2 aliphatic heterocycles. The molecule has 0 fully saturated rings. The van der Waals surface area contributed by atoms with Crippen LogP contribution in [0.15, 0.2) is 24.3 Å². The SMILES string of the molecule is CCc1nnc2n1CCN(C(=O)[C@@H]1Oc3ccccc3O[C@H]1C)C2. The lowest BCUT2D eigenvalue weighted by molar-refractivity contribution is -0.146. The molecule has 3 heterocycles. The Morgan fingerprint density at radius 2 is 1.96 bits per heavy atom. The summed E-state index contributed by atoms with van der Waals surface area (Å²) in [6, 6.07) is 7.43. The van der Waals surface area contributed by atoms with Crippen LogP contribution >= 0.6 is 0 Å². The molecule has 0 N–H and O–H groups in total. The van der Waals surface area contributed by atoms with E-state index in [-0.39, 0.29) is 12.0 Å². The fourth-order valence-electron chi connectivity index (χ4n) is 3.24. The van der Waals surface area contributed by atoms with E-state index in [0.717, 1.165) is 24.6 Å². The highest BCUT2D eigenvalue weighted by Crippen LogP contribution is 2.34. The van der Waals surface area contributed by atoms with Crippen molar-refractivity contribution in [1.29, 1.82) is 0 Å². The van der Waals surface area contributed by atoms with E-state index >= 15 is 0 Å². The van der Waals surface area contributed by atoms with E-state index in [4.69, 9.17) is 9.47 Å². The predicted molar refractivity (Wildman–Crippen MR) is 85.8 cm³/mol. The molecular weight excluding hydrogens is 308 g/mol. The first-order chi connectivity index (χ1) is 11.7. The van der Waals surface area contributed by atoms with Gasteiger partial charge in [-0.2, -0.15) is 0 Å². The standard InChI is InChI=1S/C17H20N4O3/c1-3-14-18-19-15-10-20(8-9-21(14)15)17(22)16-11(2)23-12-6-4-5-7-13(12)24-16/h4-7,11,16H,3,8-10H2,1-2H3/t11-,16+/m0/s1. The number of benzene rings is 1. The summed E-state index contributed by atoms with van der Waals surface area (Å²) in [5.41, 5.74) is 0. The van der Waals surface area contributed by atoms with Crippen LogP contribution < -0.4 is 9.47 Å². The van der Waals surface area contributed by atoms with Crippen molar-refractivity contribution in [2.45, 2.75) is 45.6 Å². The minimum absolute atomic E-state index is 0.0655. The number of fused-ring (bicyclic) bond motifs is 2. The van der Waals surface area contributed by atoms with Crippen molar-refractivity contribution in [1.82, 2.24) is 19.7 Å². The zero-order chi connectivity index (χ0) is 16.7. The van der Waals surface area contributed by atoms with Gasteiger partial charge in [0.2, 0.25) is 6.10 Å². The first kappa shape index (κ1) is 15.0. The molecule has 4 rings (SSSR count). The van der Waals surface area contributed by atoms with Gasteiger partial charge in [-0.25, -0.2) is 0 Å². The number of aryl methyl sites for hydroxylation is 1. The molecule has 126 valence electrons. The molecule has 1 aromatic heterocycles. The van der Waals surface area contributed by atoms with Crippen molar-refractivity contribution in [2.75, 3.05) is 6.54 Å². The number of carbonyl (C=O) groups is 1. The normalized spacial score (nSPS) is 22.2. The third kappa shape index (κ3) is 2.40. The molecule has 2 aromatic rings. The lowest BCUT2D eigenvalue weighted by Gasteiger charge is -2.35. The summed E-state index contributed by atoms with van der Waals surface area (Å²) < 4.78 is 13.9. The summed E-state index contributed by atoms with van der Waals surface area (Å²) in [5.74, 6) is 3.03. The monoisotopic (exact) mass is 328 g/mol. The highest BCUT2D eigenvalue weighted by Gasteiger charge is 2.38. The molecule has 0 saturated carbocycles. The van der Waals surface area contributed by atoms with Gasteiger partial charge in [0.25, 0.3) is 5.91 Å². The van der Waals surface area contributed by atoms with Crippen LogP contribution in [0.1, 0.15) is 25.5 Å². The summed E-state index contributed by atoms with van der Waals surface area (Å²) in [6.45, 7) is 5.72. The molecule has 1 aromatic carbocycles. The second-order valence-corrected chi connectivity index (χ2v) is 6.11. The van der Waals surface area contributed by atoms with E-state index in [2.05, 4.69) is 21.7 Å². The number of rotatable bonds is 2. The van der Waals surface area contributed by atoms with Crippen LogP contribution in [0, 0.1) is 0 Å². The van der Waals surface area contributed by atoms with Crippen molar-refractivity contribution in [3.8, 4) is 11.5 Å². The zero-order valence-corrected chi connectivity index (χ0v) is 13.8. The number of hydrogen-bond donors (Lipinski definition) is 0. The minimum atomic E-state index is -0.639. The Morgan fingerprint density at radius 3 is 2.71 bits per heavy atom. The predicted octanol–water partition coefficient (Wildman–Crippen LogP) is 1.41. The second-order valence-electron chi connectivity index (χ2n) is 6.11. The molecule has 7 heteroatoms. The first-order valence-electron chi connectivity index (χ1n) is 8.29. The molecule has 7 nitrogen and oxygen atoms in total. The molecule has 0 bridgehead atoms. The van der Waals surface area contributed by atoms with Crippen molar-refractivity contribution >= 4 is 5.91 Å². The molecule has 0 aliphatic carbocycles. The number of amides is 1. The van der Waals surface area contributed by atoms with Gasteiger partial charge in [-0.05, 0) is 19.1 Å². The van der Waals surface area contributed by atoms with Gasteiger partial charge < -0.3 is 18.9 Å². The molecule has 24 heavy (non-hydrogen) atoms. The van der Waals surface area contributed by atoms with E-state index in [1.165, 1.54) is 0 Å². The van der Waals surface area contributed by atoms with E-state index in [1.54, 1.807) is 4.90 Å². The topological polar surface area (TPSA) is 69.5 Å². The Balaban J connectivity index is 1.52. The minimum Gasteiger partial charge on any atom is -0.482 e. The maximum atomic E-state index is 12.9. The largest absolute Gasteiger partial charge is 0.482 e. The van der Waals surface area contributed by atoms with Crippen molar-refractivity contribution in [2.24, 2.45) is 0 Å². The Kier molecular flexibility index (Phi) is 3.63. The van der Waals surface area contributed by atoms with E-state index in [9.17, 15) is 4.79 Å². The average Bonchev–Trinajstić information content (AvgIpc) is 3.02. The molecule has 0 unspecified atom stereocenters. The van der Waals surface area contributed by atoms with Crippen molar-refractivity contribution in [3.05, 3.63) is 35.9 Å². The molecule has 0 radical (unpaired) electrons. The quantitative estimate of drug-likeness (QED) is 0.834. The van der Waals surface area contributed by atoms with Crippen LogP contribution in [0.25, 0.3) is 0 Å². The van der Waals surface area contributed by atoms with Gasteiger partial charge >= 0.3 is 0 Å². The van der Waals surface area contributed by atoms with E-state index in [0.29, 0.717) is 24.6 Å². The molecule has 2 aliphatic rings. The van der Waals surface area contributed by atoms with E-state index < -0.39 is 6.10 Å². The van der Waals surface area contributed by atoms with Crippen LogP contribution in [-0.2, 0) is 24.3 Å². The van der Waals surface area contributed by atoms with Crippen LogP contribution in [0.5, 0.6) is 11.5 Å². The van der Waals surface area contributed by atoms with Crippen LogP contribution in [0.2, 0.25) is 0 Å². The number of para-hydroxylation sites is 2. The van der Waals surface area contributed by atoms with Gasteiger partial charge in [0, 0.05) is 19.5 Å². The number of nitrogens with zero attached hydrogens (tertiary/aromatic N) is 4. The van der Waals surface area contributed by atoms with Gasteiger partial charge in [0.1, 0.15) is 11.9 Å². The fraction of sp³-hybridized carbons (Fsp3) is 0.471. The van der Waals surface area contributed by atoms with Crippen LogP contribution in [-0.4, -0.2) is 44.3 Å². The molecule has 0 saturated heterocycles. The summed E-state index contributed by atoms with van der Waals surface area (Å²) in [7, 11) is 0. The number of carbonyl (C=O) groups excluding carboxylic acids is 1. The molecular formula is C17H20N4O3. The third-order valence-corrected chi connectivity index (χ3v) is 4.54. The highest BCUT2D eigenvalue weighted by atomic mass is 16.6. The molecule has 2 atom stereocenters. The number of ether oxygens (including phenoxy) is 2. The first-order valence-corrected chi connectivity index (χ1v) is 8.29. The Morgan fingerprint density at radius 1 is 1.21 bits per heavy atom. The van der Waals surface area contributed by atoms with Crippen molar-refractivity contribution in [3.63, 3.8) is 0 Å². The lowest BCUT2D eigenvalue weighted by Crippen LogP contribution is -2.52. The Labute approximate surface area is 140 Å². The maximum absolute atomic E-state index is 12.9. The lowest BCUT2D eigenvalue weighted by atomic mass is 10.1. The van der Waals surface area contributed by atoms with Gasteiger partial charge in [-0.15, -0.1) is 10.2 Å². The maximum Gasteiger partial charge on any atom is 0.268 e. The summed E-state index contributed by atoms with van der Waals surface area (Å²) in [4.78, 5) is 14.7. The summed E-state index contributed by atoms with van der Waals surface area (Å²) >= 11 is 0. The third-order valence-electron chi connectivity index (χ3n) is 4.54. The second kappa shape index (κ2) is 5.81. The smallest absolute Gasteiger partial charge is 0.268 e. The Hall–Kier alpha value is -2.57. The average molecular weight is 328 g/mol. The van der Waals surface area contributed by atoms with Crippen LogP contribution in [0.4, 0.5) is 0 Å². The van der Waals surface area contributed by atoms with Gasteiger partial charge in [0.05, 0.1) is 6.54 Å². The summed E-state index contributed by atoms with van der Waals surface area (Å²) in [5, 5.41) is 8.39. The van der Waals surface area contributed by atoms with Crippen molar-refractivity contribution < 1.29 is 14.3 Å². The number of hydrogen-bond acceptors (Lipinski definition) is 5. The highest BCUT2D eigenvalue weighted by molar-refractivity contribution is 5.82. The Bertz CT molecular complexity index is 773. The van der Waals surface area contributed by atoms with Gasteiger partial charge in [-0.1, -0.05) is 19.1 Å². The fourth-order valence-corrected chi connectivity index (χ4v) is 3.24. The summed E-state index contributed by atoms with van der Waals surface area (Å²) in [6.07, 6.45) is -0.132. The molecule has 1 amide bonds. The zero-order valence-electron chi connectivity index (χ0n) is 13.8. The van der Waals surface area contributed by atoms with Gasteiger partial charge in [-0.3, -0.25) is 4.79 Å². The van der Waals surface area contributed by atoms with Gasteiger partial charge in [0.15, 0.2) is 17.3 Å². The molecule has 0 spiro atoms. The number of aromatic nitrogens is 3. The van der Waals surface area contributed by atoms with Crippen LogP contribution in [0.3, 0.4) is 0 Å².